The highest BCUT2D eigenvalue weighted by Gasteiger charge is 2.35. The zero-order valence-corrected chi connectivity index (χ0v) is 26.5. The Hall–Kier alpha value is -0.320. The molecule has 7 heterocycles. The zero-order chi connectivity index (χ0) is 27.9. The summed E-state index contributed by atoms with van der Waals surface area (Å²) in [6.07, 6.45) is 11.3. The van der Waals surface area contributed by atoms with Gasteiger partial charge in [0, 0.05) is 56.9 Å². The van der Waals surface area contributed by atoms with E-state index in [0.29, 0.717) is 0 Å². The number of fused-ring (bicyclic) bond motifs is 4. The molecule has 7 saturated heterocycles. The van der Waals surface area contributed by atoms with Crippen molar-refractivity contribution >= 4 is 0 Å². The lowest BCUT2D eigenvalue weighted by Crippen LogP contribution is -2.57. The third-order valence-electron chi connectivity index (χ3n) is 11.7. The van der Waals surface area contributed by atoms with Crippen molar-refractivity contribution in [2.75, 3.05) is 107 Å². The molecule has 40 heavy (non-hydrogen) atoms. The molecule has 8 aliphatic rings. The van der Waals surface area contributed by atoms with E-state index in [9.17, 15) is 0 Å². The van der Waals surface area contributed by atoms with Crippen LogP contribution >= 0.6 is 0 Å². The minimum absolute atomic E-state index is 0.808. The minimum Gasteiger partial charge on any atom is -0.316 e. The Labute approximate surface area is 246 Å². The Morgan fingerprint density at radius 2 is 1.12 bits per heavy atom. The first-order valence-corrected chi connectivity index (χ1v) is 17.1. The molecular weight excluding hydrogens is 496 g/mol. The average molecular weight is 561 g/mol. The van der Waals surface area contributed by atoms with Crippen molar-refractivity contribution in [2.24, 2.45) is 23.7 Å². The summed E-state index contributed by atoms with van der Waals surface area (Å²) in [6.45, 7) is 15.2. The van der Waals surface area contributed by atoms with E-state index in [0.717, 1.165) is 47.8 Å². The third-order valence-corrected chi connectivity index (χ3v) is 11.7. The van der Waals surface area contributed by atoms with E-state index in [1.165, 1.54) is 130 Å². The fourth-order valence-electron chi connectivity index (χ4n) is 9.18. The number of nitrogens with one attached hydrogen (secondary N) is 4. The second-order valence-corrected chi connectivity index (χ2v) is 14.5. The molecule has 8 rings (SSSR count). The molecule has 0 radical (unpaired) electrons. The lowest BCUT2D eigenvalue weighted by atomic mass is 9.85. The Morgan fingerprint density at radius 3 is 1.88 bits per heavy atom. The number of piperazine rings is 1. The molecule has 8 atom stereocenters. The molecule has 0 amide bonds. The van der Waals surface area contributed by atoms with Crippen molar-refractivity contribution < 1.29 is 0 Å². The topological polar surface area (TPSA) is 61.1 Å². The molecule has 1 saturated carbocycles. The monoisotopic (exact) mass is 561 g/mol. The molecule has 8 fully saturated rings. The number of rotatable bonds is 0. The number of likely N-dealkylation sites (tertiary alicyclic amines) is 3. The molecule has 4 N–H and O–H groups in total. The van der Waals surface area contributed by atoms with Gasteiger partial charge in [0.05, 0.1) is 0 Å². The summed E-state index contributed by atoms with van der Waals surface area (Å²) in [5.41, 5.74) is 0. The van der Waals surface area contributed by atoms with E-state index in [-0.39, 0.29) is 0 Å². The van der Waals surface area contributed by atoms with Gasteiger partial charge in [0.15, 0.2) is 0 Å². The molecule has 8 unspecified atom stereocenters. The second-order valence-electron chi connectivity index (χ2n) is 14.5. The van der Waals surface area contributed by atoms with Crippen LogP contribution in [0.3, 0.4) is 0 Å². The maximum absolute atomic E-state index is 3.61. The van der Waals surface area contributed by atoms with E-state index >= 15 is 0 Å². The highest BCUT2D eigenvalue weighted by Crippen LogP contribution is 2.27. The molecule has 7 aliphatic heterocycles. The normalized spacial score (nSPS) is 41.7. The minimum atomic E-state index is 0.808. The number of nitrogens with zero attached hydrogens (tertiary/aromatic N) is 4. The van der Waals surface area contributed by atoms with Gasteiger partial charge in [-0.05, 0) is 136 Å². The molecule has 0 aromatic rings. The molecule has 8 nitrogen and oxygen atoms in total. The van der Waals surface area contributed by atoms with Crippen molar-refractivity contribution in [3.63, 3.8) is 0 Å². The largest absolute Gasteiger partial charge is 0.316 e. The third kappa shape index (κ3) is 8.19. The molecule has 232 valence electrons. The lowest BCUT2D eigenvalue weighted by Gasteiger charge is -2.42. The molecule has 0 bridgehead atoms. The van der Waals surface area contributed by atoms with Crippen LogP contribution in [-0.2, 0) is 0 Å². The average Bonchev–Trinajstić information content (AvgIpc) is 3.75. The molecular formula is C32H64N8. The predicted octanol–water partition coefficient (Wildman–Crippen LogP) is 1.20. The van der Waals surface area contributed by atoms with E-state index < -0.39 is 0 Å². The van der Waals surface area contributed by atoms with Crippen LogP contribution in [0.2, 0.25) is 0 Å². The van der Waals surface area contributed by atoms with Crippen molar-refractivity contribution in [1.29, 1.82) is 0 Å². The standard InChI is InChI=1S/2C9H18N2.2C7H14N2/c1-11-6-2-3-8-7-10-5-4-9(8)11;1-11-7-6-10-8-4-2-3-5-9(8)11;1-9-4-6-2-8-3-7(6)5-9;1-9-3-2-6-4-8-5-7(6)9/h2*8-10H,2-7H2,1H3;2*6-8H,2-5H2,1H3. The zero-order valence-electron chi connectivity index (χ0n) is 26.5. The fourth-order valence-corrected chi connectivity index (χ4v) is 9.18. The Kier molecular flexibility index (Phi) is 12.0. The molecule has 8 heteroatoms. The number of hydrogen-bond donors (Lipinski definition) is 4. The van der Waals surface area contributed by atoms with Crippen LogP contribution < -0.4 is 21.3 Å². The van der Waals surface area contributed by atoms with Crippen LogP contribution in [0.25, 0.3) is 0 Å². The van der Waals surface area contributed by atoms with E-state index in [2.05, 4.69) is 69.1 Å². The summed E-state index contributed by atoms with van der Waals surface area (Å²) < 4.78 is 0. The number of likely N-dealkylation sites (N-methyl/N-ethyl adjacent to an activating group) is 2. The van der Waals surface area contributed by atoms with Crippen LogP contribution in [0.4, 0.5) is 0 Å². The number of hydrogen-bond acceptors (Lipinski definition) is 8. The van der Waals surface area contributed by atoms with Crippen molar-refractivity contribution in [2.45, 2.75) is 75.5 Å². The summed E-state index contributed by atoms with van der Waals surface area (Å²) in [7, 11) is 9.00. The summed E-state index contributed by atoms with van der Waals surface area (Å²) in [4.78, 5) is 10.00. The summed E-state index contributed by atoms with van der Waals surface area (Å²) in [5.74, 6) is 3.85. The SMILES string of the molecule is CN1CC2CNCC2C1.CN1CCC2CNCC21.CN1CCCC2CNCCC21.CN1CCNC2CCCCC21. The van der Waals surface area contributed by atoms with Gasteiger partial charge in [0.2, 0.25) is 0 Å². The first-order chi connectivity index (χ1) is 19.5. The smallest absolute Gasteiger partial charge is 0.0258 e. The van der Waals surface area contributed by atoms with Crippen LogP contribution in [0.15, 0.2) is 0 Å². The van der Waals surface area contributed by atoms with Crippen molar-refractivity contribution in [3.05, 3.63) is 0 Å². The van der Waals surface area contributed by atoms with Crippen LogP contribution in [0.1, 0.15) is 51.4 Å². The summed E-state index contributed by atoms with van der Waals surface area (Å²) in [6, 6.07) is 3.41. The van der Waals surface area contributed by atoms with Gasteiger partial charge in [-0.25, -0.2) is 0 Å². The molecule has 0 spiro atoms. The highest BCUT2D eigenvalue weighted by molar-refractivity contribution is 4.93. The Bertz CT molecular complexity index is 690. The summed E-state index contributed by atoms with van der Waals surface area (Å²) >= 11 is 0. The van der Waals surface area contributed by atoms with Crippen LogP contribution in [0.5, 0.6) is 0 Å². The van der Waals surface area contributed by atoms with Gasteiger partial charge < -0.3 is 40.9 Å². The van der Waals surface area contributed by atoms with Crippen molar-refractivity contribution in [1.82, 2.24) is 40.9 Å². The second kappa shape index (κ2) is 15.4. The van der Waals surface area contributed by atoms with Gasteiger partial charge in [-0.15, -0.1) is 0 Å². The molecule has 0 aromatic heterocycles. The van der Waals surface area contributed by atoms with Gasteiger partial charge in [0.25, 0.3) is 0 Å². The first kappa shape index (κ1) is 31.1. The Balaban J connectivity index is 0.000000108. The van der Waals surface area contributed by atoms with Gasteiger partial charge in [-0.1, -0.05) is 12.8 Å². The maximum atomic E-state index is 3.61. The highest BCUT2D eigenvalue weighted by atomic mass is 15.2. The van der Waals surface area contributed by atoms with Gasteiger partial charge in [-0.3, -0.25) is 0 Å². The van der Waals surface area contributed by atoms with Gasteiger partial charge in [-0.2, -0.15) is 0 Å². The van der Waals surface area contributed by atoms with Crippen LogP contribution in [-0.4, -0.2) is 150 Å². The fraction of sp³-hybridized carbons (Fsp3) is 1.00. The molecule has 1 aliphatic carbocycles. The van der Waals surface area contributed by atoms with E-state index in [1.54, 1.807) is 0 Å². The predicted molar refractivity (Wildman–Crippen MR) is 168 cm³/mol. The van der Waals surface area contributed by atoms with Gasteiger partial charge >= 0.3 is 0 Å². The molecule has 0 aromatic carbocycles. The lowest BCUT2D eigenvalue weighted by molar-refractivity contribution is 0.0933. The van der Waals surface area contributed by atoms with E-state index in [4.69, 9.17) is 0 Å². The van der Waals surface area contributed by atoms with Crippen molar-refractivity contribution in [3.8, 4) is 0 Å². The van der Waals surface area contributed by atoms with Crippen LogP contribution in [0, 0.1) is 23.7 Å². The quantitative estimate of drug-likeness (QED) is 0.353. The van der Waals surface area contributed by atoms with E-state index in [1.807, 2.05) is 0 Å². The Morgan fingerprint density at radius 1 is 0.475 bits per heavy atom. The number of piperidine rings is 2. The first-order valence-electron chi connectivity index (χ1n) is 17.1. The summed E-state index contributed by atoms with van der Waals surface area (Å²) in [5, 5.41) is 13.9. The maximum Gasteiger partial charge on any atom is 0.0258 e. The van der Waals surface area contributed by atoms with Gasteiger partial charge in [0.1, 0.15) is 0 Å².